The van der Waals surface area contributed by atoms with Gasteiger partial charge in [0, 0.05) is 79.3 Å². The maximum absolute atomic E-state index is 13.7. The van der Waals surface area contributed by atoms with E-state index in [1.807, 2.05) is 43.3 Å². The van der Waals surface area contributed by atoms with Gasteiger partial charge < -0.3 is 30.7 Å². The van der Waals surface area contributed by atoms with Gasteiger partial charge in [0.1, 0.15) is 0 Å². The monoisotopic (exact) mass is 855 g/mol. The third-order valence-corrected chi connectivity index (χ3v) is 14.7. The van der Waals surface area contributed by atoms with Crippen molar-refractivity contribution in [2.45, 2.75) is 194 Å². The van der Waals surface area contributed by atoms with Gasteiger partial charge in [0.15, 0.2) is 0 Å². The zero-order chi connectivity index (χ0) is 45.4. The van der Waals surface area contributed by atoms with Gasteiger partial charge in [-0.2, -0.15) is 0 Å². The first-order valence-corrected chi connectivity index (χ1v) is 24.3. The van der Waals surface area contributed by atoms with E-state index in [0.717, 1.165) is 61.0 Å². The number of amides is 5. The number of rotatable bonds is 16. The lowest BCUT2D eigenvalue weighted by Crippen LogP contribution is -2.45. The van der Waals surface area contributed by atoms with Gasteiger partial charge in [0.2, 0.25) is 17.7 Å². The fourth-order valence-corrected chi connectivity index (χ4v) is 11.1. The Morgan fingerprint density at radius 1 is 0.645 bits per heavy atom. The number of carbonyl (C=O) groups excluding carboxylic acids is 5. The normalized spacial score (nSPS) is 18.4. The first-order valence-electron chi connectivity index (χ1n) is 24.3. The lowest BCUT2D eigenvalue weighted by molar-refractivity contribution is -0.124. The van der Waals surface area contributed by atoms with E-state index in [9.17, 15) is 24.0 Å². The third-order valence-electron chi connectivity index (χ3n) is 14.7. The molecule has 3 N–H and O–H groups in total. The van der Waals surface area contributed by atoms with Crippen molar-refractivity contribution < 1.29 is 24.0 Å². The molecule has 2 aliphatic carbocycles. The number of hydrogen-bond acceptors (Lipinski definition) is 6. The van der Waals surface area contributed by atoms with Crippen LogP contribution >= 0.6 is 0 Å². The summed E-state index contributed by atoms with van der Waals surface area (Å²) >= 11 is 0. The van der Waals surface area contributed by atoms with Gasteiger partial charge in [-0.05, 0) is 114 Å². The number of benzene rings is 2. The molecule has 2 aromatic carbocycles. The topological polar surface area (TPSA) is 136 Å². The summed E-state index contributed by atoms with van der Waals surface area (Å²) in [6, 6.07) is 12.6. The number of carbonyl (C=O) groups is 5. The Bertz CT molecular complexity index is 1890. The van der Waals surface area contributed by atoms with Crippen LogP contribution in [0.25, 0.3) is 0 Å². The molecular weight excluding hydrogens is 777 g/mol. The average Bonchev–Trinajstić information content (AvgIpc) is 3.66. The Labute approximate surface area is 372 Å². The standard InChI is InChI=1S/C27H41N3O3.C24H37N3O2/c1-6-24(31)28-16-17-29-23-18-20(14-15-22(23)27(7-2,8-3)26(29)33)25(32)30(19(4)5)21-12-10-9-11-13-21;1-5-24(6-2)20-13-12-18(16-21(20)26(15-14-25)23(24)29)22(28)27(17(3)4)19-10-8-7-9-11-19/h14-15,18-19,21H,6-13,16-17H2,1-5H3,(H,28,31);12-13,16-17,19H,5-11,14-15,25H2,1-4H3. The Kier molecular flexibility index (Phi) is 16.8. The molecule has 0 atom stereocenters. The van der Waals surface area contributed by atoms with Crippen LogP contribution in [-0.4, -0.2) is 89.7 Å². The second-order valence-electron chi connectivity index (χ2n) is 18.6. The Morgan fingerprint density at radius 2 is 1.03 bits per heavy atom. The van der Waals surface area contributed by atoms with Crippen molar-refractivity contribution in [2.75, 3.05) is 36.0 Å². The van der Waals surface area contributed by atoms with Gasteiger partial charge in [-0.3, -0.25) is 24.0 Å². The van der Waals surface area contributed by atoms with Crippen LogP contribution in [0.3, 0.4) is 0 Å². The van der Waals surface area contributed by atoms with E-state index < -0.39 is 10.8 Å². The molecular formula is C51H78N6O5. The quantitative estimate of drug-likeness (QED) is 0.173. The maximum Gasteiger partial charge on any atom is 0.254 e. The molecule has 2 aromatic rings. The fourth-order valence-electron chi connectivity index (χ4n) is 11.1. The van der Waals surface area contributed by atoms with Gasteiger partial charge in [-0.25, -0.2) is 0 Å². The fraction of sp³-hybridized carbons (Fsp3) is 0.667. The molecule has 11 nitrogen and oxygen atoms in total. The Morgan fingerprint density at radius 3 is 1.37 bits per heavy atom. The first-order chi connectivity index (χ1) is 29.7. The van der Waals surface area contributed by atoms with E-state index in [0.29, 0.717) is 62.6 Å². The molecule has 2 aliphatic heterocycles. The molecule has 0 spiro atoms. The zero-order valence-corrected chi connectivity index (χ0v) is 39.6. The number of hydrogen-bond donors (Lipinski definition) is 2. The van der Waals surface area contributed by atoms with Crippen LogP contribution in [0.1, 0.15) is 190 Å². The highest BCUT2D eigenvalue weighted by atomic mass is 16.2. The highest BCUT2D eigenvalue weighted by Gasteiger charge is 2.50. The van der Waals surface area contributed by atoms with Crippen molar-refractivity contribution in [1.82, 2.24) is 15.1 Å². The lowest BCUT2D eigenvalue weighted by atomic mass is 9.77. The minimum atomic E-state index is -0.563. The summed E-state index contributed by atoms with van der Waals surface area (Å²) < 4.78 is 0. The summed E-state index contributed by atoms with van der Waals surface area (Å²) in [5, 5.41) is 2.88. The van der Waals surface area contributed by atoms with Gasteiger partial charge in [-0.1, -0.05) is 85.3 Å². The molecule has 0 saturated heterocycles. The third kappa shape index (κ3) is 9.48. The van der Waals surface area contributed by atoms with Crippen molar-refractivity contribution in [3.8, 4) is 0 Å². The minimum Gasteiger partial charge on any atom is -0.354 e. The van der Waals surface area contributed by atoms with Crippen molar-refractivity contribution in [3.05, 3.63) is 58.7 Å². The maximum atomic E-state index is 13.7. The van der Waals surface area contributed by atoms with Crippen LogP contribution in [-0.2, 0) is 25.2 Å². The predicted molar refractivity (Wildman–Crippen MR) is 251 cm³/mol. The zero-order valence-electron chi connectivity index (χ0n) is 39.6. The molecule has 4 aliphatic rings. The number of nitrogens with two attached hydrogens (primary N) is 1. The first kappa shape index (κ1) is 48.8. The Hall–Kier alpha value is -4.25. The van der Waals surface area contributed by atoms with Crippen LogP contribution in [0.2, 0.25) is 0 Å². The van der Waals surface area contributed by atoms with Crippen molar-refractivity contribution >= 4 is 40.9 Å². The molecule has 6 rings (SSSR count). The highest BCUT2D eigenvalue weighted by Crippen LogP contribution is 2.48. The summed E-state index contributed by atoms with van der Waals surface area (Å²) in [6.07, 6.45) is 14.9. The van der Waals surface area contributed by atoms with E-state index in [1.165, 1.54) is 38.5 Å². The summed E-state index contributed by atoms with van der Waals surface area (Å²) in [5.41, 5.74) is 9.84. The number of nitrogens with one attached hydrogen (secondary N) is 1. The smallest absolute Gasteiger partial charge is 0.254 e. The van der Waals surface area contributed by atoms with Crippen LogP contribution < -0.4 is 20.9 Å². The molecule has 2 heterocycles. The molecule has 2 saturated carbocycles. The van der Waals surface area contributed by atoms with E-state index >= 15 is 0 Å². The SMILES string of the molecule is CCC(=O)NCCN1C(=O)C(CC)(CC)c2ccc(C(=O)N(C(C)C)C3CCCCC3)cc21.CCC1(CC)C(=O)N(CCN)c2cc(C(=O)N(C(C)C)C3CCCCC3)ccc21. The van der Waals surface area contributed by atoms with Crippen LogP contribution in [0.15, 0.2) is 36.4 Å². The number of nitrogens with zero attached hydrogens (tertiary/aromatic N) is 4. The molecule has 0 unspecified atom stereocenters. The highest BCUT2D eigenvalue weighted by molar-refractivity contribution is 6.10. The van der Waals surface area contributed by atoms with Gasteiger partial charge >= 0.3 is 0 Å². The molecule has 0 bridgehead atoms. The van der Waals surface area contributed by atoms with Crippen LogP contribution in [0.5, 0.6) is 0 Å². The predicted octanol–water partition coefficient (Wildman–Crippen LogP) is 9.03. The number of fused-ring (bicyclic) bond motifs is 2. The summed E-state index contributed by atoms with van der Waals surface area (Å²) in [5.74, 6) is 0.312. The molecule has 11 heteroatoms. The van der Waals surface area contributed by atoms with Gasteiger partial charge in [0.25, 0.3) is 11.8 Å². The lowest BCUT2D eigenvalue weighted by Gasteiger charge is -2.37. The second kappa shape index (κ2) is 21.4. The van der Waals surface area contributed by atoms with Crippen molar-refractivity contribution in [3.63, 3.8) is 0 Å². The Balaban J connectivity index is 0.000000236. The minimum absolute atomic E-state index is 0.0249. The molecule has 2 fully saturated rings. The average molecular weight is 855 g/mol. The summed E-state index contributed by atoms with van der Waals surface area (Å²) in [4.78, 5) is 73.5. The van der Waals surface area contributed by atoms with Crippen molar-refractivity contribution in [1.29, 1.82) is 0 Å². The summed E-state index contributed by atoms with van der Waals surface area (Å²) in [6.45, 7) is 20.1. The van der Waals surface area contributed by atoms with E-state index in [4.69, 9.17) is 5.73 Å². The second-order valence-corrected chi connectivity index (χ2v) is 18.6. The molecule has 0 aromatic heterocycles. The largest absolute Gasteiger partial charge is 0.354 e. The molecule has 0 radical (unpaired) electrons. The van der Waals surface area contributed by atoms with E-state index in [-0.39, 0.29) is 47.7 Å². The van der Waals surface area contributed by atoms with E-state index in [1.54, 1.807) is 9.80 Å². The molecule has 342 valence electrons. The van der Waals surface area contributed by atoms with Gasteiger partial charge in [0.05, 0.1) is 10.8 Å². The van der Waals surface area contributed by atoms with Crippen LogP contribution in [0.4, 0.5) is 11.4 Å². The molecule has 62 heavy (non-hydrogen) atoms. The van der Waals surface area contributed by atoms with E-state index in [2.05, 4.69) is 70.5 Å². The summed E-state index contributed by atoms with van der Waals surface area (Å²) in [7, 11) is 0. The molecule has 5 amide bonds. The van der Waals surface area contributed by atoms with Crippen LogP contribution in [0, 0.1) is 0 Å². The van der Waals surface area contributed by atoms with Crippen molar-refractivity contribution in [2.24, 2.45) is 5.73 Å². The number of anilines is 2. The van der Waals surface area contributed by atoms with Gasteiger partial charge in [-0.15, -0.1) is 0 Å².